The van der Waals surface area contributed by atoms with Gasteiger partial charge in [0.15, 0.2) is 0 Å². The molecular formula is C35H39N3O5S. The first-order valence-electron chi connectivity index (χ1n) is 14.5. The van der Waals surface area contributed by atoms with Crippen molar-refractivity contribution in [3.05, 3.63) is 125 Å². The van der Waals surface area contributed by atoms with Crippen molar-refractivity contribution in [2.24, 2.45) is 0 Å². The van der Waals surface area contributed by atoms with E-state index in [0.29, 0.717) is 18.0 Å². The van der Waals surface area contributed by atoms with Gasteiger partial charge in [-0.1, -0.05) is 66.7 Å². The Labute approximate surface area is 260 Å². The van der Waals surface area contributed by atoms with Gasteiger partial charge < -0.3 is 15.0 Å². The van der Waals surface area contributed by atoms with Crippen LogP contribution in [-0.4, -0.2) is 51.4 Å². The first-order chi connectivity index (χ1) is 21.1. The number of ether oxygens (including phenoxy) is 1. The van der Waals surface area contributed by atoms with Crippen LogP contribution in [0.2, 0.25) is 0 Å². The zero-order chi connectivity index (χ0) is 31.7. The number of anilines is 1. The van der Waals surface area contributed by atoms with Gasteiger partial charge in [-0.25, -0.2) is 8.42 Å². The number of likely N-dealkylation sites (N-methyl/N-ethyl adjacent to an activating group) is 1. The van der Waals surface area contributed by atoms with Crippen LogP contribution < -0.4 is 14.4 Å². The number of hydrogen-bond acceptors (Lipinski definition) is 5. The lowest BCUT2D eigenvalue weighted by Gasteiger charge is -2.34. The van der Waals surface area contributed by atoms with Gasteiger partial charge in [0, 0.05) is 19.5 Å². The van der Waals surface area contributed by atoms with Crippen molar-refractivity contribution in [2.75, 3.05) is 24.5 Å². The molecule has 0 saturated carbocycles. The largest absolute Gasteiger partial charge is 0.497 e. The number of carbonyl (C=O) groups is 2. The fourth-order valence-electron chi connectivity index (χ4n) is 4.94. The molecule has 0 fully saturated rings. The average Bonchev–Trinajstić information content (AvgIpc) is 3.03. The SMILES string of the molecule is CCNC(=O)[C@@H](Cc1ccccc1)N(Cc1cccc(OC)c1)C(=O)CN(c1ccc(C)c(C)c1)S(=O)(=O)c1ccccc1. The molecule has 0 spiro atoms. The topological polar surface area (TPSA) is 96.0 Å². The van der Waals surface area contributed by atoms with Gasteiger partial charge in [-0.3, -0.25) is 13.9 Å². The summed E-state index contributed by atoms with van der Waals surface area (Å²) in [4.78, 5) is 29.6. The maximum atomic E-state index is 14.5. The number of benzene rings is 4. The number of rotatable bonds is 13. The Morgan fingerprint density at radius 1 is 0.818 bits per heavy atom. The lowest BCUT2D eigenvalue weighted by atomic mass is 10.0. The molecule has 0 aliphatic carbocycles. The summed E-state index contributed by atoms with van der Waals surface area (Å²) in [5, 5.41) is 2.87. The fraction of sp³-hybridized carbons (Fsp3) is 0.257. The second-order valence-electron chi connectivity index (χ2n) is 10.6. The summed E-state index contributed by atoms with van der Waals surface area (Å²) in [6.45, 7) is 5.60. The van der Waals surface area contributed by atoms with Gasteiger partial charge in [0.25, 0.3) is 10.0 Å². The van der Waals surface area contributed by atoms with E-state index in [9.17, 15) is 18.0 Å². The average molecular weight is 614 g/mol. The van der Waals surface area contributed by atoms with E-state index < -0.39 is 28.5 Å². The highest BCUT2D eigenvalue weighted by Crippen LogP contribution is 2.27. The number of hydrogen-bond donors (Lipinski definition) is 1. The predicted octanol–water partition coefficient (Wildman–Crippen LogP) is 5.28. The quantitative estimate of drug-likeness (QED) is 0.221. The molecule has 0 heterocycles. The smallest absolute Gasteiger partial charge is 0.264 e. The lowest BCUT2D eigenvalue weighted by molar-refractivity contribution is -0.140. The molecule has 0 aliphatic heterocycles. The molecule has 4 aromatic carbocycles. The summed E-state index contributed by atoms with van der Waals surface area (Å²) in [6, 6.07) is 29.2. The Kier molecular flexibility index (Phi) is 10.8. The summed E-state index contributed by atoms with van der Waals surface area (Å²) in [5.41, 5.74) is 3.86. The molecule has 1 atom stereocenters. The molecule has 1 N–H and O–H groups in total. The van der Waals surface area contributed by atoms with E-state index in [1.165, 1.54) is 17.0 Å². The lowest BCUT2D eigenvalue weighted by Crippen LogP contribution is -2.53. The standard InChI is InChI=1S/C35H39N3O5S/c1-5-36-35(40)33(23-28-13-8-6-9-14-28)37(24-29-15-12-16-31(22-29)43-4)34(39)25-38(30-20-19-26(2)27(3)21-30)44(41,42)32-17-10-7-11-18-32/h6-22,33H,5,23-25H2,1-4H3,(H,36,40)/t33-/m1/s1. The minimum Gasteiger partial charge on any atom is -0.497 e. The second kappa shape index (κ2) is 14.7. The monoisotopic (exact) mass is 613 g/mol. The number of nitrogens with zero attached hydrogens (tertiary/aromatic N) is 2. The molecule has 2 amide bonds. The Balaban J connectivity index is 1.81. The molecular weight excluding hydrogens is 574 g/mol. The molecule has 4 rings (SSSR count). The van der Waals surface area contributed by atoms with Crippen LogP contribution in [0.5, 0.6) is 5.75 Å². The molecule has 230 valence electrons. The molecule has 0 aliphatic rings. The van der Waals surface area contributed by atoms with Crippen LogP contribution in [-0.2, 0) is 32.6 Å². The predicted molar refractivity (Wildman–Crippen MR) is 173 cm³/mol. The zero-order valence-corrected chi connectivity index (χ0v) is 26.4. The van der Waals surface area contributed by atoms with Crippen molar-refractivity contribution >= 4 is 27.5 Å². The van der Waals surface area contributed by atoms with E-state index in [1.807, 2.05) is 69.3 Å². The van der Waals surface area contributed by atoms with Gasteiger partial charge in [-0.15, -0.1) is 0 Å². The van der Waals surface area contributed by atoms with E-state index in [4.69, 9.17) is 4.74 Å². The van der Waals surface area contributed by atoms with Crippen LogP contribution in [0.15, 0.2) is 108 Å². The van der Waals surface area contributed by atoms with Crippen LogP contribution in [0.3, 0.4) is 0 Å². The summed E-state index contributed by atoms with van der Waals surface area (Å²) in [5.74, 6) is -0.232. The van der Waals surface area contributed by atoms with Crippen LogP contribution in [0.1, 0.15) is 29.2 Å². The molecule has 0 aromatic heterocycles. The van der Waals surface area contributed by atoms with Crippen molar-refractivity contribution in [1.29, 1.82) is 0 Å². The maximum absolute atomic E-state index is 14.5. The highest BCUT2D eigenvalue weighted by atomic mass is 32.2. The normalized spacial score (nSPS) is 11.8. The van der Waals surface area contributed by atoms with E-state index >= 15 is 0 Å². The summed E-state index contributed by atoms with van der Waals surface area (Å²) in [7, 11) is -2.59. The van der Waals surface area contributed by atoms with Gasteiger partial charge in [-0.2, -0.15) is 0 Å². The molecule has 44 heavy (non-hydrogen) atoms. The Morgan fingerprint density at radius 2 is 1.48 bits per heavy atom. The number of methoxy groups -OCH3 is 1. The molecule has 9 heteroatoms. The van der Waals surface area contributed by atoms with Crippen LogP contribution in [0.4, 0.5) is 5.69 Å². The number of sulfonamides is 1. The first kappa shape index (κ1) is 32.3. The summed E-state index contributed by atoms with van der Waals surface area (Å²) < 4.78 is 34.7. The van der Waals surface area contributed by atoms with Crippen molar-refractivity contribution in [3.8, 4) is 5.75 Å². The third-order valence-corrected chi connectivity index (χ3v) is 9.29. The Bertz CT molecular complexity index is 1680. The van der Waals surface area contributed by atoms with Crippen molar-refractivity contribution in [2.45, 2.75) is 44.7 Å². The van der Waals surface area contributed by atoms with Crippen molar-refractivity contribution < 1.29 is 22.7 Å². The fourth-order valence-corrected chi connectivity index (χ4v) is 6.37. The number of aryl methyl sites for hydroxylation is 2. The van der Waals surface area contributed by atoms with E-state index in [0.717, 1.165) is 26.6 Å². The molecule has 8 nitrogen and oxygen atoms in total. The molecule has 0 saturated heterocycles. The van der Waals surface area contributed by atoms with Crippen LogP contribution in [0.25, 0.3) is 0 Å². The zero-order valence-electron chi connectivity index (χ0n) is 25.6. The first-order valence-corrected chi connectivity index (χ1v) is 16.0. The second-order valence-corrected chi connectivity index (χ2v) is 12.4. The molecule has 0 bridgehead atoms. The van der Waals surface area contributed by atoms with Gasteiger partial charge in [0.05, 0.1) is 17.7 Å². The molecule has 4 aromatic rings. The van der Waals surface area contributed by atoms with Crippen molar-refractivity contribution in [3.63, 3.8) is 0 Å². The number of amides is 2. The number of carbonyl (C=O) groups excluding carboxylic acids is 2. The minimum atomic E-state index is -4.15. The van der Waals surface area contributed by atoms with E-state index in [-0.39, 0.29) is 23.8 Å². The van der Waals surface area contributed by atoms with E-state index in [2.05, 4.69) is 5.32 Å². The highest BCUT2D eigenvalue weighted by Gasteiger charge is 2.34. The van der Waals surface area contributed by atoms with Crippen molar-refractivity contribution in [1.82, 2.24) is 10.2 Å². The van der Waals surface area contributed by atoms with Gasteiger partial charge in [0.2, 0.25) is 11.8 Å². The Hall–Kier alpha value is -4.63. The third-order valence-electron chi connectivity index (χ3n) is 7.50. The third kappa shape index (κ3) is 7.85. The highest BCUT2D eigenvalue weighted by molar-refractivity contribution is 7.92. The Morgan fingerprint density at radius 3 is 2.11 bits per heavy atom. The molecule has 0 radical (unpaired) electrons. The van der Waals surface area contributed by atoms with Gasteiger partial charge in [0.1, 0.15) is 18.3 Å². The molecule has 0 unspecified atom stereocenters. The summed E-state index contributed by atoms with van der Waals surface area (Å²) >= 11 is 0. The summed E-state index contributed by atoms with van der Waals surface area (Å²) in [6.07, 6.45) is 0.247. The van der Waals surface area contributed by atoms with E-state index in [1.54, 1.807) is 49.6 Å². The number of nitrogens with one attached hydrogen (secondary N) is 1. The van der Waals surface area contributed by atoms with Gasteiger partial charge >= 0.3 is 0 Å². The maximum Gasteiger partial charge on any atom is 0.264 e. The minimum absolute atomic E-state index is 0.0648. The van der Waals surface area contributed by atoms with Gasteiger partial charge in [-0.05, 0) is 79.4 Å². The van der Waals surface area contributed by atoms with Crippen LogP contribution in [0, 0.1) is 13.8 Å². The van der Waals surface area contributed by atoms with Crippen LogP contribution >= 0.6 is 0 Å².